The summed E-state index contributed by atoms with van der Waals surface area (Å²) in [4.78, 5) is 0. The number of halogens is 4. The Kier molecular flexibility index (Phi) is 7.36. The Bertz CT molecular complexity index is 848. The average Bonchev–Trinajstić information content (AvgIpc) is 2.70. The highest BCUT2D eigenvalue weighted by molar-refractivity contribution is 5.31. The summed E-state index contributed by atoms with van der Waals surface area (Å²) >= 11 is 0. The van der Waals surface area contributed by atoms with E-state index < -0.39 is 23.3 Å². The van der Waals surface area contributed by atoms with Crippen molar-refractivity contribution in [2.75, 3.05) is 13.2 Å². The van der Waals surface area contributed by atoms with Crippen LogP contribution in [0.1, 0.15) is 42.9 Å². The summed E-state index contributed by atoms with van der Waals surface area (Å²) in [7, 11) is 0. The van der Waals surface area contributed by atoms with Crippen LogP contribution in [0.5, 0.6) is 5.75 Å². The lowest BCUT2D eigenvalue weighted by Gasteiger charge is -2.29. The van der Waals surface area contributed by atoms with Crippen LogP contribution >= 0.6 is 0 Å². The van der Waals surface area contributed by atoms with Gasteiger partial charge in [-0.1, -0.05) is 25.5 Å². The Hall–Kier alpha value is -2.12. The van der Waals surface area contributed by atoms with Crippen LogP contribution in [-0.4, -0.2) is 19.5 Å². The van der Waals surface area contributed by atoms with Crippen molar-refractivity contribution in [1.29, 1.82) is 0 Å². The van der Waals surface area contributed by atoms with Crippen LogP contribution < -0.4 is 4.74 Å². The lowest BCUT2D eigenvalue weighted by Crippen LogP contribution is -2.32. The quantitative estimate of drug-likeness (QED) is 0.476. The van der Waals surface area contributed by atoms with E-state index in [1.807, 2.05) is 0 Å². The Morgan fingerprint density at radius 3 is 2.37 bits per heavy atom. The molecule has 3 nitrogen and oxygen atoms in total. The molecule has 0 spiro atoms. The summed E-state index contributed by atoms with van der Waals surface area (Å²) in [6.45, 7) is 4.88. The van der Waals surface area contributed by atoms with Gasteiger partial charge in [0, 0.05) is 18.4 Å². The summed E-state index contributed by atoms with van der Waals surface area (Å²) in [5, 5.41) is 0. The van der Waals surface area contributed by atoms with E-state index in [4.69, 9.17) is 9.47 Å². The number of aryl methyl sites for hydroxylation is 2. The van der Waals surface area contributed by atoms with E-state index in [1.54, 1.807) is 0 Å². The monoisotopic (exact) mass is 426 g/mol. The number of benzene rings is 2. The topological polar surface area (TPSA) is 27.7 Å². The molecule has 0 aliphatic carbocycles. The third-order valence-corrected chi connectivity index (χ3v) is 5.14. The van der Waals surface area contributed by atoms with Gasteiger partial charge < -0.3 is 14.2 Å². The third-order valence-electron chi connectivity index (χ3n) is 5.14. The van der Waals surface area contributed by atoms with Gasteiger partial charge in [0.15, 0.2) is 6.29 Å². The van der Waals surface area contributed by atoms with Crippen molar-refractivity contribution in [2.45, 2.75) is 51.9 Å². The summed E-state index contributed by atoms with van der Waals surface area (Å²) in [5.74, 6) is -1.74. The molecule has 1 aliphatic heterocycles. The fourth-order valence-electron chi connectivity index (χ4n) is 3.40. The number of rotatable bonds is 8. The highest BCUT2D eigenvalue weighted by atomic mass is 19.3. The van der Waals surface area contributed by atoms with Crippen molar-refractivity contribution in [2.24, 2.45) is 5.92 Å². The second-order valence-corrected chi connectivity index (χ2v) is 7.63. The van der Waals surface area contributed by atoms with E-state index in [-0.39, 0.29) is 12.0 Å². The number of alkyl halides is 2. The molecule has 0 unspecified atom stereocenters. The SMILES string of the molecule is CCCC1COC(CCc2ccc(C(F)(F)Oc3ccc(C)c(F)c3)c(F)c2)OC1. The number of hydrogen-bond donors (Lipinski definition) is 0. The largest absolute Gasteiger partial charge is 0.429 e. The minimum absolute atomic E-state index is 0.299. The lowest BCUT2D eigenvalue weighted by molar-refractivity contribution is -0.203. The van der Waals surface area contributed by atoms with Crippen LogP contribution in [0.3, 0.4) is 0 Å². The van der Waals surface area contributed by atoms with Crippen LogP contribution in [0.2, 0.25) is 0 Å². The maximum Gasteiger partial charge on any atom is 0.429 e. The standard InChI is InChI=1S/C23H26F4O3/c1-3-4-17-13-28-22(29-14-17)10-7-16-6-9-19(21(25)11-16)23(26,27)30-18-8-5-15(2)20(24)12-18/h5-6,8-9,11-12,17,22H,3-4,7,10,13-14H2,1-2H3. The minimum atomic E-state index is -3.94. The predicted molar refractivity (Wildman–Crippen MR) is 104 cm³/mol. The second-order valence-electron chi connectivity index (χ2n) is 7.63. The molecule has 2 aromatic rings. The van der Waals surface area contributed by atoms with E-state index in [2.05, 4.69) is 11.7 Å². The van der Waals surface area contributed by atoms with Gasteiger partial charge in [0.2, 0.25) is 0 Å². The van der Waals surface area contributed by atoms with Crippen molar-refractivity contribution in [3.8, 4) is 5.75 Å². The summed E-state index contributed by atoms with van der Waals surface area (Å²) < 4.78 is 72.7. The summed E-state index contributed by atoms with van der Waals surface area (Å²) in [6.07, 6.45) is -1.26. The molecule has 1 heterocycles. The van der Waals surface area contributed by atoms with Gasteiger partial charge in [-0.05, 0) is 49.1 Å². The third kappa shape index (κ3) is 5.73. The number of hydrogen-bond acceptors (Lipinski definition) is 3. The van der Waals surface area contributed by atoms with Crippen LogP contribution in [0.4, 0.5) is 17.6 Å². The van der Waals surface area contributed by atoms with E-state index >= 15 is 0 Å². The summed E-state index contributed by atoms with van der Waals surface area (Å²) in [5.41, 5.74) is -0.0517. The van der Waals surface area contributed by atoms with Crippen LogP contribution in [0, 0.1) is 24.5 Å². The first-order valence-corrected chi connectivity index (χ1v) is 10.1. The van der Waals surface area contributed by atoms with Crippen LogP contribution in [0.15, 0.2) is 36.4 Å². The zero-order valence-electron chi connectivity index (χ0n) is 17.1. The molecule has 0 amide bonds. The minimum Gasteiger partial charge on any atom is -0.429 e. The van der Waals surface area contributed by atoms with Crippen molar-refractivity contribution in [3.63, 3.8) is 0 Å². The van der Waals surface area contributed by atoms with Crippen molar-refractivity contribution in [1.82, 2.24) is 0 Å². The highest BCUT2D eigenvalue weighted by Gasteiger charge is 2.38. The van der Waals surface area contributed by atoms with Gasteiger partial charge in [0.25, 0.3) is 0 Å². The van der Waals surface area contributed by atoms with E-state index in [0.717, 1.165) is 31.0 Å². The Morgan fingerprint density at radius 2 is 1.73 bits per heavy atom. The molecular formula is C23H26F4O3. The fourth-order valence-corrected chi connectivity index (χ4v) is 3.40. The van der Waals surface area contributed by atoms with Crippen molar-refractivity contribution in [3.05, 3.63) is 64.7 Å². The molecule has 164 valence electrons. The molecule has 0 N–H and O–H groups in total. The first-order valence-electron chi connectivity index (χ1n) is 10.1. The van der Waals surface area contributed by atoms with Gasteiger partial charge in [-0.2, -0.15) is 8.78 Å². The fraction of sp³-hybridized carbons (Fsp3) is 0.478. The van der Waals surface area contributed by atoms with E-state index in [1.165, 1.54) is 25.1 Å². The molecule has 0 radical (unpaired) electrons. The molecular weight excluding hydrogens is 400 g/mol. The van der Waals surface area contributed by atoms with Gasteiger partial charge in [-0.3, -0.25) is 0 Å². The van der Waals surface area contributed by atoms with Crippen molar-refractivity contribution >= 4 is 0 Å². The molecule has 1 aliphatic rings. The van der Waals surface area contributed by atoms with E-state index in [0.29, 0.717) is 43.1 Å². The van der Waals surface area contributed by atoms with Gasteiger partial charge in [0.1, 0.15) is 17.4 Å². The molecule has 0 aromatic heterocycles. The molecule has 1 saturated heterocycles. The molecule has 3 rings (SSSR count). The van der Waals surface area contributed by atoms with Gasteiger partial charge in [-0.15, -0.1) is 0 Å². The van der Waals surface area contributed by atoms with Gasteiger partial charge in [-0.25, -0.2) is 8.78 Å². The van der Waals surface area contributed by atoms with Gasteiger partial charge >= 0.3 is 6.11 Å². The molecule has 0 saturated carbocycles. The lowest BCUT2D eigenvalue weighted by atomic mass is 10.0. The molecule has 1 fully saturated rings. The maximum absolute atomic E-state index is 14.4. The Morgan fingerprint density at radius 1 is 1.00 bits per heavy atom. The molecule has 7 heteroatoms. The highest BCUT2D eigenvalue weighted by Crippen LogP contribution is 2.34. The average molecular weight is 426 g/mol. The summed E-state index contributed by atoms with van der Waals surface area (Å²) in [6, 6.07) is 6.87. The molecule has 30 heavy (non-hydrogen) atoms. The van der Waals surface area contributed by atoms with Gasteiger partial charge in [0.05, 0.1) is 18.8 Å². The Balaban J connectivity index is 1.59. The molecule has 2 aromatic carbocycles. The predicted octanol–water partition coefficient (Wildman–Crippen LogP) is 6.12. The van der Waals surface area contributed by atoms with E-state index in [9.17, 15) is 17.6 Å². The second kappa shape index (κ2) is 9.79. The smallest absolute Gasteiger partial charge is 0.429 e. The van der Waals surface area contributed by atoms with Crippen molar-refractivity contribution < 1.29 is 31.8 Å². The Labute approximate surface area is 173 Å². The normalized spacial score (nSPS) is 19.7. The van der Waals surface area contributed by atoms with Crippen LogP contribution in [-0.2, 0) is 22.0 Å². The molecule has 0 bridgehead atoms. The first-order chi connectivity index (χ1) is 14.3. The zero-order chi connectivity index (χ0) is 21.7. The molecule has 0 atom stereocenters. The number of ether oxygens (including phenoxy) is 3. The maximum atomic E-state index is 14.4. The van der Waals surface area contributed by atoms with Crippen LogP contribution in [0.25, 0.3) is 0 Å². The zero-order valence-corrected chi connectivity index (χ0v) is 17.1. The first kappa shape index (κ1) is 22.6.